The van der Waals surface area contributed by atoms with Crippen LogP contribution in [0.1, 0.15) is 55.3 Å². The van der Waals surface area contributed by atoms with Gasteiger partial charge < -0.3 is 20.1 Å². The third-order valence-corrected chi connectivity index (χ3v) is 7.02. The highest BCUT2D eigenvalue weighted by Crippen LogP contribution is 2.54. The molecule has 1 aromatic heterocycles. The van der Waals surface area contributed by atoms with Gasteiger partial charge in [-0.1, -0.05) is 12.0 Å². The van der Waals surface area contributed by atoms with Crippen LogP contribution in [0.2, 0.25) is 0 Å². The van der Waals surface area contributed by atoms with Gasteiger partial charge in [-0.3, -0.25) is 4.79 Å². The molecule has 172 valence electrons. The number of carbonyl (C=O) groups is 2. The third kappa shape index (κ3) is 3.79. The summed E-state index contributed by atoms with van der Waals surface area (Å²) >= 11 is 1.45. The number of rotatable bonds is 4. The van der Waals surface area contributed by atoms with Gasteiger partial charge in [0.15, 0.2) is 0 Å². The average molecular weight is 465 g/mol. The molecule has 3 heterocycles. The molecule has 6 nitrogen and oxygen atoms in total. The van der Waals surface area contributed by atoms with Crippen LogP contribution in [-0.4, -0.2) is 36.0 Å². The summed E-state index contributed by atoms with van der Waals surface area (Å²) in [6, 6.07) is 7.26. The molecule has 7 heteroatoms. The fourth-order valence-corrected chi connectivity index (χ4v) is 5.66. The van der Waals surface area contributed by atoms with Crippen LogP contribution in [0.3, 0.4) is 0 Å². The van der Waals surface area contributed by atoms with Crippen LogP contribution in [0.5, 0.6) is 5.75 Å². The number of amides is 1. The molecule has 0 aliphatic carbocycles. The Hall–Kier alpha value is -3.24. The Balaban J connectivity index is 1.96. The second kappa shape index (κ2) is 8.27. The zero-order valence-corrected chi connectivity index (χ0v) is 20.3. The molecule has 0 spiro atoms. The van der Waals surface area contributed by atoms with Gasteiger partial charge in [0, 0.05) is 11.4 Å². The SMILES string of the molecule is CC#Cc1cc2c(cc1OC)CCN1C(C(=O)OC(C)(C)C)=CC(C(N)=O)(c3cccs3)C21. The molecule has 2 aliphatic rings. The topological polar surface area (TPSA) is 81.9 Å². The summed E-state index contributed by atoms with van der Waals surface area (Å²) in [6.07, 6.45) is 2.39. The second-order valence-electron chi connectivity index (χ2n) is 9.21. The van der Waals surface area contributed by atoms with E-state index in [2.05, 4.69) is 11.8 Å². The number of nitrogens with two attached hydrogens (primary N) is 1. The lowest BCUT2D eigenvalue weighted by Gasteiger charge is -2.42. The van der Waals surface area contributed by atoms with Crippen molar-refractivity contribution in [1.82, 2.24) is 4.90 Å². The third-order valence-electron chi connectivity index (χ3n) is 6.00. The molecule has 0 saturated heterocycles. The van der Waals surface area contributed by atoms with Crippen molar-refractivity contribution >= 4 is 23.2 Å². The van der Waals surface area contributed by atoms with Crippen LogP contribution < -0.4 is 10.5 Å². The highest BCUT2D eigenvalue weighted by atomic mass is 32.1. The zero-order valence-electron chi connectivity index (χ0n) is 19.5. The number of esters is 1. The molecule has 0 fully saturated rings. The summed E-state index contributed by atoms with van der Waals surface area (Å²) < 4.78 is 11.3. The number of carbonyl (C=O) groups excluding carboxylic acids is 2. The molecule has 0 saturated carbocycles. The van der Waals surface area contributed by atoms with Gasteiger partial charge >= 0.3 is 5.97 Å². The Morgan fingerprint density at radius 2 is 2.06 bits per heavy atom. The quantitative estimate of drug-likeness (QED) is 0.551. The Bertz CT molecular complexity index is 1200. The number of hydrogen-bond donors (Lipinski definition) is 1. The maximum absolute atomic E-state index is 13.3. The molecular weight excluding hydrogens is 436 g/mol. The Morgan fingerprint density at radius 3 is 2.64 bits per heavy atom. The van der Waals surface area contributed by atoms with Crippen LogP contribution in [0.25, 0.3) is 0 Å². The molecule has 2 aromatic rings. The first-order valence-corrected chi connectivity index (χ1v) is 11.7. The van der Waals surface area contributed by atoms with Gasteiger partial charge in [-0.05, 0) is 74.9 Å². The van der Waals surface area contributed by atoms with Crippen molar-refractivity contribution in [1.29, 1.82) is 0 Å². The zero-order chi connectivity index (χ0) is 24.0. The van der Waals surface area contributed by atoms with Gasteiger partial charge in [-0.25, -0.2) is 4.79 Å². The van der Waals surface area contributed by atoms with Crippen LogP contribution in [0.15, 0.2) is 41.4 Å². The number of nitrogens with zero attached hydrogens (tertiary/aromatic N) is 1. The molecule has 2 N–H and O–H groups in total. The maximum atomic E-state index is 13.3. The predicted octanol–water partition coefficient (Wildman–Crippen LogP) is 3.69. The van der Waals surface area contributed by atoms with Gasteiger partial charge in [0.2, 0.25) is 5.91 Å². The highest BCUT2D eigenvalue weighted by Gasteiger charge is 2.57. The number of benzene rings is 1. The standard InChI is InChI=1S/C26H28N2O4S/c1-6-8-17-13-18-16(14-20(17)31-5)10-11-28-19(23(29)32-25(2,3)4)15-26(22(18)28,24(27)30)21-9-7-12-33-21/h7,9,12-15,22H,10-11H2,1-5H3,(H2,27,30). The summed E-state index contributed by atoms with van der Waals surface area (Å²) in [5.74, 6) is 5.75. The van der Waals surface area contributed by atoms with Crippen molar-refractivity contribution in [3.8, 4) is 17.6 Å². The van der Waals surface area contributed by atoms with Gasteiger partial charge in [-0.15, -0.1) is 17.3 Å². The van der Waals surface area contributed by atoms with Crippen molar-refractivity contribution < 1.29 is 19.1 Å². The largest absolute Gasteiger partial charge is 0.495 e. The van der Waals surface area contributed by atoms with Crippen LogP contribution in [0.4, 0.5) is 0 Å². The lowest BCUT2D eigenvalue weighted by atomic mass is 9.73. The lowest BCUT2D eigenvalue weighted by Crippen LogP contribution is -2.48. The van der Waals surface area contributed by atoms with E-state index in [1.807, 2.05) is 55.3 Å². The summed E-state index contributed by atoms with van der Waals surface area (Å²) in [5.41, 5.74) is 7.32. The molecule has 1 aromatic carbocycles. The van der Waals surface area contributed by atoms with Crippen molar-refractivity contribution in [3.05, 3.63) is 63.0 Å². The Kier molecular flexibility index (Phi) is 5.75. The minimum Gasteiger partial charge on any atom is -0.495 e. The Morgan fingerprint density at radius 1 is 1.30 bits per heavy atom. The number of thiophene rings is 1. The van der Waals surface area contributed by atoms with E-state index < -0.39 is 28.9 Å². The Labute approximate surface area is 198 Å². The lowest BCUT2D eigenvalue weighted by molar-refractivity contribution is -0.152. The van der Waals surface area contributed by atoms with E-state index in [0.717, 1.165) is 21.6 Å². The van der Waals surface area contributed by atoms with E-state index in [1.54, 1.807) is 20.1 Å². The second-order valence-corrected chi connectivity index (χ2v) is 10.2. The summed E-state index contributed by atoms with van der Waals surface area (Å²) in [6.45, 7) is 7.79. The van der Waals surface area contributed by atoms with Crippen LogP contribution in [-0.2, 0) is 26.2 Å². The first-order chi connectivity index (χ1) is 15.6. The van der Waals surface area contributed by atoms with E-state index in [-0.39, 0.29) is 0 Å². The smallest absolute Gasteiger partial charge is 0.354 e. The highest BCUT2D eigenvalue weighted by molar-refractivity contribution is 7.10. The van der Waals surface area contributed by atoms with Crippen molar-refractivity contribution in [3.63, 3.8) is 0 Å². The van der Waals surface area contributed by atoms with E-state index in [1.165, 1.54) is 11.3 Å². The molecule has 0 bridgehead atoms. The van der Waals surface area contributed by atoms with Crippen LogP contribution in [0, 0.1) is 11.8 Å². The van der Waals surface area contributed by atoms with Gasteiger partial charge in [-0.2, -0.15) is 0 Å². The van der Waals surface area contributed by atoms with E-state index >= 15 is 0 Å². The summed E-state index contributed by atoms with van der Waals surface area (Å²) in [5, 5.41) is 1.91. The summed E-state index contributed by atoms with van der Waals surface area (Å²) in [7, 11) is 1.62. The first kappa shape index (κ1) is 22.9. The molecular formula is C26H28N2O4S. The van der Waals surface area contributed by atoms with E-state index in [4.69, 9.17) is 15.2 Å². The van der Waals surface area contributed by atoms with Crippen molar-refractivity contribution in [2.75, 3.05) is 13.7 Å². The minimum absolute atomic E-state index is 0.367. The molecule has 33 heavy (non-hydrogen) atoms. The maximum Gasteiger partial charge on any atom is 0.354 e. The fourth-order valence-electron chi connectivity index (χ4n) is 4.73. The number of hydrogen-bond acceptors (Lipinski definition) is 6. The van der Waals surface area contributed by atoms with Crippen molar-refractivity contribution in [2.45, 2.75) is 51.2 Å². The minimum atomic E-state index is -1.21. The average Bonchev–Trinajstić information content (AvgIpc) is 3.39. The number of fused-ring (bicyclic) bond motifs is 3. The van der Waals surface area contributed by atoms with Gasteiger partial charge in [0.05, 0.1) is 18.7 Å². The van der Waals surface area contributed by atoms with Gasteiger partial charge in [0.1, 0.15) is 22.5 Å². The van der Waals surface area contributed by atoms with E-state index in [9.17, 15) is 9.59 Å². The normalized spacial score (nSPS) is 21.3. The number of ether oxygens (including phenoxy) is 2. The predicted molar refractivity (Wildman–Crippen MR) is 128 cm³/mol. The first-order valence-electron chi connectivity index (χ1n) is 10.8. The molecule has 2 atom stereocenters. The molecule has 1 amide bonds. The number of primary amides is 1. The molecule has 2 aliphatic heterocycles. The molecule has 2 unspecified atom stereocenters. The molecule has 4 rings (SSSR count). The van der Waals surface area contributed by atoms with Crippen molar-refractivity contribution in [2.24, 2.45) is 5.73 Å². The fraction of sp³-hybridized carbons (Fsp3) is 0.385. The molecule has 0 radical (unpaired) electrons. The summed E-state index contributed by atoms with van der Waals surface area (Å²) in [4.78, 5) is 29.2. The van der Waals surface area contributed by atoms with Gasteiger partial charge in [0.25, 0.3) is 0 Å². The monoisotopic (exact) mass is 464 g/mol. The van der Waals surface area contributed by atoms with E-state index in [0.29, 0.717) is 24.4 Å². The van der Waals surface area contributed by atoms with Crippen LogP contribution >= 0.6 is 11.3 Å². The number of methoxy groups -OCH3 is 1.